The normalized spacial score (nSPS) is 13.1. The number of nitrogens with one attached hydrogen (secondary N) is 1. The quantitative estimate of drug-likeness (QED) is 0.0420. The SMILES string of the molecule is CCCCCCCCCCCCCCCCCCC(CC(=O)NC(CO)C(O)CCCCCCCCCCCCCCC)OC(=O)CCCCCCCCCCCC. The Balaban J connectivity index is 4.49. The fourth-order valence-corrected chi connectivity index (χ4v) is 8.43. The molecule has 58 heavy (non-hydrogen) atoms. The highest BCUT2D eigenvalue weighted by Gasteiger charge is 2.24. The summed E-state index contributed by atoms with van der Waals surface area (Å²) >= 11 is 0. The van der Waals surface area contributed by atoms with Crippen molar-refractivity contribution >= 4 is 11.9 Å². The third-order valence-corrected chi connectivity index (χ3v) is 12.4. The van der Waals surface area contributed by atoms with Gasteiger partial charge < -0.3 is 20.3 Å². The first kappa shape index (κ1) is 56.9. The minimum atomic E-state index is -0.778. The molecule has 0 aliphatic carbocycles. The first-order valence-electron chi connectivity index (χ1n) is 26.3. The third-order valence-electron chi connectivity index (χ3n) is 12.4. The highest BCUT2D eigenvalue weighted by molar-refractivity contribution is 5.77. The van der Waals surface area contributed by atoms with Gasteiger partial charge in [0.25, 0.3) is 0 Å². The number of ether oxygens (including phenoxy) is 1. The molecule has 0 radical (unpaired) electrons. The zero-order valence-corrected chi connectivity index (χ0v) is 39.5. The smallest absolute Gasteiger partial charge is 0.306 e. The number of rotatable bonds is 48. The molecule has 0 aliphatic heterocycles. The number of aliphatic hydroxyl groups excluding tert-OH is 2. The van der Waals surface area contributed by atoms with E-state index in [0.29, 0.717) is 19.3 Å². The fourth-order valence-electron chi connectivity index (χ4n) is 8.43. The van der Waals surface area contributed by atoms with E-state index in [1.165, 1.54) is 205 Å². The zero-order valence-electron chi connectivity index (χ0n) is 39.5. The monoisotopic (exact) mass is 822 g/mol. The Bertz CT molecular complexity index is 837. The van der Waals surface area contributed by atoms with Gasteiger partial charge in [-0.1, -0.05) is 258 Å². The van der Waals surface area contributed by atoms with E-state index in [1.54, 1.807) is 0 Å². The van der Waals surface area contributed by atoms with E-state index < -0.39 is 18.2 Å². The Morgan fingerprint density at radius 2 is 0.724 bits per heavy atom. The van der Waals surface area contributed by atoms with Gasteiger partial charge in [-0.2, -0.15) is 0 Å². The number of esters is 1. The van der Waals surface area contributed by atoms with Crippen molar-refractivity contribution in [3.05, 3.63) is 0 Å². The highest BCUT2D eigenvalue weighted by Crippen LogP contribution is 2.19. The van der Waals surface area contributed by atoms with Crippen LogP contribution in [0, 0.1) is 0 Å². The first-order valence-corrected chi connectivity index (χ1v) is 26.3. The lowest BCUT2D eigenvalue weighted by Gasteiger charge is -2.24. The standard InChI is InChI=1S/C52H103NO5/c1-4-7-10-13-16-19-22-24-25-26-28-29-31-34-37-40-43-48(58-52(57)45-42-39-36-33-21-18-15-12-9-6-3)46-51(56)53-49(47-54)50(55)44-41-38-35-32-30-27-23-20-17-14-11-8-5-2/h48-50,54-55H,4-47H2,1-3H3,(H,53,56). The number of aliphatic hydroxyl groups is 2. The molecule has 0 aliphatic rings. The lowest BCUT2D eigenvalue weighted by Crippen LogP contribution is -2.46. The minimum Gasteiger partial charge on any atom is -0.462 e. The summed E-state index contributed by atoms with van der Waals surface area (Å²) < 4.78 is 5.93. The Labute approximate surface area is 362 Å². The predicted octanol–water partition coefficient (Wildman–Crippen LogP) is 15.6. The second-order valence-electron chi connectivity index (χ2n) is 18.3. The van der Waals surface area contributed by atoms with E-state index >= 15 is 0 Å². The molecule has 6 nitrogen and oxygen atoms in total. The third kappa shape index (κ3) is 41.6. The fraction of sp³-hybridized carbons (Fsp3) is 0.962. The molecule has 0 aromatic heterocycles. The minimum absolute atomic E-state index is 0.0878. The summed E-state index contributed by atoms with van der Waals surface area (Å²) in [6.45, 7) is 6.50. The van der Waals surface area contributed by atoms with Crippen molar-refractivity contribution in [3.63, 3.8) is 0 Å². The predicted molar refractivity (Wildman–Crippen MR) is 250 cm³/mol. The van der Waals surface area contributed by atoms with E-state index in [0.717, 1.165) is 44.9 Å². The van der Waals surface area contributed by atoms with Gasteiger partial charge in [-0.25, -0.2) is 0 Å². The van der Waals surface area contributed by atoms with Crippen molar-refractivity contribution in [2.45, 2.75) is 315 Å². The average Bonchev–Trinajstić information content (AvgIpc) is 3.22. The van der Waals surface area contributed by atoms with Crippen LogP contribution in [-0.2, 0) is 14.3 Å². The van der Waals surface area contributed by atoms with Gasteiger partial charge >= 0.3 is 5.97 Å². The van der Waals surface area contributed by atoms with Crippen molar-refractivity contribution in [3.8, 4) is 0 Å². The molecular weight excluding hydrogens is 719 g/mol. The summed E-state index contributed by atoms with van der Waals surface area (Å²) in [5, 5.41) is 23.8. The molecule has 0 bridgehead atoms. The van der Waals surface area contributed by atoms with Gasteiger partial charge in [0.15, 0.2) is 0 Å². The second kappa shape index (κ2) is 46.9. The molecule has 0 spiro atoms. The van der Waals surface area contributed by atoms with Crippen molar-refractivity contribution in [2.24, 2.45) is 0 Å². The molecule has 346 valence electrons. The van der Waals surface area contributed by atoms with Crippen molar-refractivity contribution in [2.75, 3.05) is 6.61 Å². The maximum Gasteiger partial charge on any atom is 0.306 e. The number of amides is 1. The van der Waals surface area contributed by atoms with Crippen LogP contribution in [-0.4, -0.2) is 46.9 Å². The van der Waals surface area contributed by atoms with Gasteiger partial charge in [0.05, 0.1) is 25.2 Å². The molecule has 3 unspecified atom stereocenters. The molecule has 0 aromatic carbocycles. The van der Waals surface area contributed by atoms with E-state index in [2.05, 4.69) is 26.1 Å². The molecule has 0 rings (SSSR count). The van der Waals surface area contributed by atoms with Crippen LogP contribution in [0.2, 0.25) is 0 Å². The maximum atomic E-state index is 13.2. The molecule has 1 amide bonds. The van der Waals surface area contributed by atoms with Gasteiger partial charge in [0.2, 0.25) is 5.91 Å². The Kier molecular flexibility index (Phi) is 46.0. The topological polar surface area (TPSA) is 95.9 Å². The zero-order chi connectivity index (χ0) is 42.4. The molecule has 0 saturated carbocycles. The molecule has 3 atom stereocenters. The van der Waals surface area contributed by atoms with Gasteiger partial charge in [0, 0.05) is 6.42 Å². The molecule has 6 heteroatoms. The van der Waals surface area contributed by atoms with Crippen LogP contribution in [0.25, 0.3) is 0 Å². The van der Waals surface area contributed by atoms with Gasteiger partial charge in [-0.15, -0.1) is 0 Å². The number of hydrogen-bond donors (Lipinski definition) is 3. The molecule has 0 fully saturated rings. The van der Waals surface area contributed by atoms with E-state index in [9.17, 15) is 19.8 Å². The van der Waals surface area contributed by atoms with Crippen molar-refractivity contribution in [1.29, 1.82) is 0 Å². The van der Waals surface area contributed by atoms with Gasteiger partial charge in [-0.3, -0.25) is 9.59 Å². The maximum absolute atomic E-state index is 13.2. The average molecular weight is 822 g/mol. The van der Waals surface area contributed by atoms with E-state index in [1.807, 2.05) is 0 Å². The summed E-state index contributed by atoms with van der Waals surface area (Å²) in [6, 6.07) is -0.691. The van der Waals surface area contributed by atoms with Crippen LogP contribution in [0.5, 0.6) is 0 Å². The van der Waals surface area contributed by atoms with Crippen LogP contribution in [0.1, 0.15) is 297 Å². The Morgan fingerprint density at radius 3 is 1.05 bits per heavy atom. The van der Waals surface area contributed by atoms with Crippen molar-refractivity contribution < 1.29 is 24.5 Å². The van der Waals surface area contributed by atoms with Gasteiger partial charge in [0.1, 0.15) is 6.10 Å². The Hall–Kier alpha value is -1.14. The van der Waals surface area contributed by atoms with Crippen LogP contribution < -0.4 is 5.32 Å². The van der Waals surface area contributed by atoms with E-state index in [4.69, 9.17) is 4.74 Å². The summed E-state index contributed by atoms with van der Waals surface area (Å²) in [6.07, 6.45) is 50.2. The summed E-state index contributed by atoms with van der Waals surface area (Å²) in [5.41, 5.74) is 0. The van der Waals surface area contributed by atoms with Gasteiger partial charge in [-0.05, 0) is 25.7 Å². The number of carbonyl (C=O) groups is 2. The summed E-state index contributed by atoms with van der Waals surface area (Å²) in [5.74, 6) is -0.452. The molecule has 0 saturated heterocycles. The molecule has 0 heterocycles. The number of hydrogen-bond acceptors (Lipinski definition) is 5. The lowest BCUT2D eigenvalue weighted by atomic mass is 10.0. The lowest BCUT2D eigenvalue weighted by molar-refractivity contribution is -0.151. The molecule has 3 N–H and O–H groups in total. The van der Waals surface area contributed by atoms with Crippen LogP contribution in [0.3, 0.4) is 0 Å². The summed E-state index contributed by atoms with van der Waals surface area (Å²) in [4.78, 5) is 26.1. The second-order valence-corrected chi connectivity index (χ2v) is 18.3. The highest BCUT2D eigenvalue weighted by atomic mass is 16.5. The molecular formula is C52H103NO5. The number of carbonyl (C=O) groups excluding carboxylic acids is 2. The Morgan fingerprint density at radius 1 is 0.431 bits per heavy atom. The largest absolute Gasteiger partial charge is 0.462 e. The van der Waals surface area contributed by atoms with Crippen molar-refractivity contribution in [1.82, 2.24) is 5.32 Å². The van der Waals surface area contributed by atoms with Crippen LogP contribution in [0.4, 0.5) is 0 Å². The van der Waals surface area contributed by atoms with E-state index in [-0.39, 0.29) is 24.9 Å². The van der Waals surface area contributed by atoms with Crippen LogP contribution >= 0.6 is 0 Å². The van der Waals surface area contributed by atoms with Crippen LogP contribution in [0.15, 0.2) is 0 Å². The summed E-state index contributed by atoms with van der Waals surface area (Å²) in [7, 11) is 0. The first-order chi connectivity index (χ1) is 28.5. The molecule has 0 aromatic rings. The number of unbranched alkanes of at least 4 members (excludes halogenated alkanes) is 36.